The Bertz CT molecular complexity index is 178. The van der Waals surface area contributed by atoms with E-state index in [1.54, 1.807) is 6.92 Å². The molecular formula is C10H19NO2. The van der Waals surface area contributed by atoms with Gasteiger partial charge in [0.15, 0.2) is 12.4 Å². The highest BCUT2D eigenvalue weighted by atomic mass is 16.7. The monoisotopic (exact) mass is 185 g/mol. The van der Waals surface area contributed by atoms with Gasteiger partial charge in [-0.15, -0.1) is 0 Å². The van der Waals surface area contributed by atoms with E-state index in [2.05, 4.69) is 6.07 Å². The highest BCUT2D eigenvalue weighted by Crippen LogP contribution is 2.22. The van der Waals surface area contributed by atoms with Gasteiger partial charge in [-0.3, -0.25) is 0 Å². The summed E-state index contributed by atoms with van der Waals surface area (Å²) in [6, 6.07) is 2.13. The number of ether oxygens (including phenoxy) is 2. The predicted molar refractivity (Wildman–Crippen MR) is 51.0 cm³/mol. The molecule has 0 aliphatic rings. The molecule has 76 valence electrons. The molecular weight excluding hydrogens is 166 g/mol. The van der Waals surface area contributed by atoms with E-state index >= 15 is 0 Å². The summed E-state index contributed by atoms with van der Waals surface area (Å²) in [5.74, 6) is 0. The topological polar surface area (TPSA) is 42.2 Å². The third-order valence-electron chi connectivity index (χ3n) is 1.63. The lowest BCUT2D eigenvalue weighted by atomic mass is 9.90. The predicted octanol–water partition coefficient (Wildman–Crippen LogP) is 2.32. The average Bonchev–Trinajstić information content (AvgIpc) is 1.98. The van der Waals surface area contributed by atoms with Gasteiger partial charge in [-0.2, -0.15) is 5.26 Å². The van der Waals surface area contributed by atoms with E-state index in [9.17, 15) is 0 Å². The van der Waals surface area contributed by atoms with Crippen molar-refractivity contribution in [3.63, 3.8) is 0 Å². The maximum Gasteiger partial charge on any atom is 0.156 e. The molecule has 3 nitrogen and oxygen atoms in total. The van der Waals surface area contributed by atoms with E-state index in [1.807, 2.05) is 27.7 Å². The van der Waals surface area contributed by atoms with Crippen molar-refractivity contribution >= 4 is 0 Å². The van der Waals surface area contributed by atoms with Crippen LogP contribution in [-0.4, -0.2) is 19.0 Å². The minimum Gasteiger partial charge on any atom is -0.353 e. The van der Waals surface area contributed by atoms with Crippen LogP contribution in [0.15, 0.2) is 0 Å². The van der Waals surface area contributed by atoms with Crippen LogP contribution in [0.2, 0.25) is 0 Å². The second-order valence-electron chi connectivity index (χ2n) is 4.03. The second kappa shape index (κ2) is 5.21. The standard InChI is InChI=1S/C10H19NO2/c1-6-12-8(2)13-9(7-11)10(3,4)5/h8-9H,6H2,1-5H3. The molecule has 0 N–H and O–H groups in total. The van der Waals surface area contributed by atoms with Crippen LogP contribution in [0.5, 0.6) is 0 Å². The number of hydrogen-bond acceptors (Lipinski definition) is 3. The van der Waals surface area contributed by atoms with Gasteiger partial charge in [0.2, 0.25) is 0 Å². The SMILES string of the molecule is CCOC(C)OC(C#N)C(C)(C)C. The van der Waals surface area contributed by atoms with Crippen LogP contribution >= 0.6 is 0 Å². The zero-order valence-electron chi connectivity index (χ0n) is 9.13. The van der Waals surface area contributed by atoms with Crippen LogP contribution in [0.4, 0.5) is 0 Å². The number of nitrogens with zero attached hydrogens (tertiary/aromatic N) is 1. The van der Waals surface area contributed by atoms with Crippen LogP contribution in [-0.2, 0) is 9.47 Å². The normalized spacial score (nSPS) is 16.3. The van der Waals surface area contributed by atoms with Gasteiger partial charge < -0.3 is 9.47 Å². The maximum atomic E-state index is 8.85. The van der Waals surface area contributed by atoms with Gasteiger partial charge >= 0.3 is 0 Å². The van der Waals surface area contributed by atoms with Crippen LogP contribution in [0.1, 0.15) is 34.6 Å². The zero-order chi connectivity index (χ0) is 10.5. The van der Waals surface area contributed by atoms with Crippen molar-refractivity contribution < 1.29 is 9.47 Å². The van der Waals surface area contributed by atoms with E-state index in [-0.39, 0.29) is 11.7 Å². The molecule has 3 heteroatoms. The zero-order valence-corrected chi connectivity index (χ0v) is 9.13. The largest absolute Gasteiger partial charge is 0.353 e. The highest BCUT2D eigenvalue weighted by Gasteiger charge is 2.26. The molecule has 0 aliphatic carbocycles. The van der Waals surface area contributed by atoms with Crippen molar-refractivity contribution in [2.24, 2.45) is 5.41 Å². The van der Waals surface area contributed by atoms with Gasteiger partial charge in [0.1, 0.15) is 0 Å². The first-order valence-electron chi connectivity index (χ1n) is 4.58. The molecule has 0 bridgehead atoms. The first-order chi connectivity index (χ1) is 5.91. The fourth-order valence-corrected chi connectivity index (χ4v) is 0.894. The molecule has 0 saturated heterocycles. The van der Waals surface area contributed by atoms with Crippen molar-refractivity contribution in [1.29, 1.82) is 5.26 Å². The first-order valence-corrected chi connectivity index (χ1v) is 4.58. The summed E-state index contributed by atoms with van der Waals surface area (Å²) in [6.45, 7) is 10.2. The lowest BCUT2D eigenvalue weighted by Gasteiger charge is -2.27. The number of rotatable bonds is 4. The molecule has 0 radical (unpaired) electrons. The molecule has 0 fully saturated rings. The summed E-state index contributed by atoms with van der Waals surface area (Å²) in [7, 11) is 0. The molecule has 0 rings (SSSR count). The molecule has 0 aliphatic heterocycles. The van der Waals surface area contributed by atoms with Crippen molar-refractivity contribution in [1.82, 2.24) is 0 Å². The average molecular weight is 185 g/mol. The van der Waals surface area contributed by atoms with Gasteiger partial charge in [0.25, 0.3) is 0 Å². The van der Waals surface area contributed by atoms with Crippen LogP contribution in [0.25, 0.3) is 0 Å². The third-order valence-corrected chi connectivity index (χ3v) is 1.63. The van der Waals surface area contributed by atoms with Crippen molar-refractivity contribution in [2.45, 2.75) is 47.0 Å². The molecule has 0 spiro atoms. The lowest BCUT2D eigenvalue weighted by Crippen LogP contribution is -2.32. The van der Waals surface area contributed by atoms with E-state index in [4.69, 9.17) is 14.7 Å². The Morgan fingerprint density at radius 3 is 2.23 bits per heavy atom. The second-order valence-corrected chi connectivity index (χ2v) is 4.03. The summed E-state index contributed by atoms with van der Waals surface area (Å²) in [5.41, 5.74) is -0.167. The molecule has 0 saturated carbocycles. The van der Waals surface area contributed by atoms with E-state index < -0.39 is 6.10 Å². The Kier molecular flexibility index (Phi) is 4.97. The molecule has 0 amide bonds. The van der Waals surface area contributed by atoms with Crippen molar-refractivity contribution in [3.05, 3.63) is 0 Å². The smallest absolute Gasteiger partial charge is 0.156 e. The molecule has 0 aromatic rings. The van der Waals surface area contributed by atoms with Crippen molar-refractivity contribution in [2.75, 3.05) is 6.61 Å². The molecule has 13 heavy (non-hydrogen) atoms. The van der Waals surface area contributed by atoms with E-state index in [0.29, 0.717) is 6.61 Å². The van der Waals surface area contributed by atoms with Crippen LogP contribution in [0, 0.1) is 16.7 Å². The minimum atomic E-state index is -0.422. The molecule has 2 unspecified atom stereocenters. The molecule has 0 heterocycles. The van der Waals surface area contributed by atoms with Gasteiger partial charge in [-0.1, -0.05) is 20.8 Å². The lowest BCUT2D eigenvalue weighted by molar-refractivity contribution is -0.164. The highest BCUT2D eigenvalue weighted by molar-refractivity contribution is 4.93. The van der Waals surface area contributed by atoms with Gasteiger partial charge in [0, 0.05) is 12.0 Å². The first kappa shape index (κ1) is 12.4. The quantitative estimate of drug-likeness (QED) is 0.631. The molecule has 0 aromatic carbocycles. The van der Waals surface area contributed by atoms with E-state index in [1.165, 1.54) is 0 Å². The molecule has 2 atom stereocenters. The van der Waals surface area contributed by atoms with Crippen LogP contribution < -0.4 is 0 Å². The number of hydrogen-bond donors (Lipinski definition) is 0. The summed E-state index contributed by atoms with van der Waals surface area (Å²) >= 11 is 0. The Balaban J connectivity index is 4.08. The van der Waals surface area contributed by atoms with Gasteiger partial charge in [-0.25, -0.2) is 0 Å². The fraction of sp³-hybridized carbons (Fsp3) is 0.900. The Morgan fingerprint density at radius 2 is 1.92 bits per heavy atom. The van der Waals surface area contributed by atoms with Gasteiger partial charge in [0.05, 0.1) is 6.07 Å². The number of nitriles is 1. The minimum absolute atomic E-state index is 0.167. The Hall–Kier alpha value is -0.590. The van der Waals surface area contributed by atoms with E-state index in [0.717, 1.165) is 0 Å². The Labute approximate surface area is 80.6 Å². The Morgan fingerprint density at radius 1 is 1.38 bits per heavy atom. The third kappa shape index (κ3) is 4.87. The summed E-state index contributed by atoms with van der Waals surface area (Å²) < 4.78 is 10.6. The summed E-state index contributed by atoms with van der Waals surface area (Å²) in [6.07, 6.45) is -0.733. The summed E-state index contributed by atoms with van der Waals surface area (Å²) in [4.78, 5) is 0. The summed E-state index contributed by atoms with van der Waals surface area (Å²) in [5, 5.41) is 8.85. The maximum absolute atomic E-state index is 8.85. The van der Waals surface area contributed by atoms with Gasteiger partial charge in [-0.05, 0) is 13.8 Å². The van der Waals surface area contributed by atoms with Crippen molar-refractivity contribution in [3.8, 4) is 6.07 Å². The molecule has 0 aromatic heterocycles. The van der Waals surface area contributed by atoms with Crippen LogP contribution in [0.3, 0.4) is 0 Å². The fourth-order valence-electron chi connectivity index (χ4n) is 0.894.